The number of alkyl halides is 3. The number of nitrogens with zero attached hydrogens (tertiary/aromatic N) is 1. The molecule has 0 aromatic carbocycles. The third-order valence-electron chi connectivity index (χ3n) is 1.64. The maximum Gasteiger partial charge on any atom is 0.280 e. The van der Waals surface area contributed by atoms with Gasteiger partial charge < -0.3 is 0 Å². The van der Waals surface area contributed by atoms with Crippen molar-refractivity contribution in [1.29, 1.82) is 0 Å². The number of hydrogen-bond donors (Lipinski definition) is 0. The zero-order chi connectivity index (χ0) is 10.0. The Morgan fingerprint density at radius 3 is 2.62 bits per heavy atom. The van der Waals surface area contributed by atoms with E-state index in [9.17, 15) is 8.78 Å². The first-order valence-corrected chi connectivity index (χ1v) is 5.47. The van der Waals surface area contributed by atoms with Crippen LogP contribution in [0.2, 0.25) is 0 Å². The predicted octanol–water partition coefficient (Wildman–Crippen LogP) is 3.99. The highest BCUT2D eigenvalue weighted by Crippen LogP contribution is 2.27. The average molecular weight is 315 g/mol. The van der Waals surface area contributed by atoms with E-state index in [1.807, 2.05) is 0 Å². The summed E-state index contributed by atoms with van der Waals surface area (Å²) in [5.74, 6) is 0. The molecule has 0 aliphatic heterocycles. The van der Waals surface area contributed by atoms with E-state index in [-0.39, 0.29) is 5.69 Å². The first-order valence-electron chi connectivity index (χ1n) is 3.56. The molecular formula is C8H7Br2F2N. The van der Waals surface area contributed by atoms with E-state index in [1.165, 1.54) is 0 Å². The van der Waals surface area contributed by atoms with E-state index in [2.05, 4.69) is 36.8 Å². The maximum atomic E-state index is 12.4. The Bertz CT molecular complexity index is 315. The van der Waals surface area contributed by atoms with Crippen molar-refractivity contribution in [3.63, 3.8) is 0 Å². The van der Waals surface area contributed by atoms with Gasteiger partial charge in [0.15, 0.2) is 0 Å². The van der Waals surface area contributed by atoms with E-state index < -0.39 is 6.43 Å². The molecule has 0 saturated carbocycles. The Morgan fingerprint density at radius 1 is 1.54 bits per heavy atom. The third kappa shape index (κ3) is 2.47. The second kappa shape index (κ2) is 4.46. The van der Waals surface area contributed by atoms with Crippen molar-refractivity contribution in [3.8, 4) is 0 Å². The van der Waals surface area contributed by atoms with Gasteiger partial charge in [-0.3, -0.25) is 4.98 Å². The molecule has 0 fully saturated rings. The zero-order valence-electron chi connectivity index (χ0n) is 6.82. The van der Waals surface area contributed by atoms with Gasteiger partial charge in [0.05, 0.1) is 5.69 Å². The molecule has 72 valence electrons. The lowest BCUT2D eigenvalue weighted by Crippen LogP contribution is -1.99. The molecule has 0 bridgehead atoms. The molecule has 0 N–H and O–H groups in total. The Kier molecular flexibility index (Phi) is 3.79. The molecule has 13 heavy (non-hydrogen) atoms. The van der Waals surface area contributed by atoms with Gasteiger partial charge in [-0.1, -0.05) is 31.9 Å². The van der Waals surface area contributed by atoms with Crippen LogP contribution in [-0.2, 0) is 5.33 Å². The van der Waals surface area contributed by atoms with Gasteiger partial charge in [0.2, 0.25) is 0 Å². The highest BCUT2D eigenvalue weighted by Gasteiger charge is 2.15. The molecule has 1 aromatic rings. The van der Waals surface area contributed by atoms with Gasteiger partial charge in [0, 0.05) is 9.80 Å². The van der Waals surface area contributed by atoms with Gasteiger partial charge in [-0.2, -0.15) is 0 Å². The summed E-state index contributed by atoms with van der Waals surface area (Å²) in [6.07, 6.45) is -2.52. The standard InChI is InChI=1S/C8H7Br2F2N/c1-4-6(10)2-5(3-9)13-7(4)8(11)12/h2,8H,3H2,1H3. The van der Waals surface area contributed by atoms with Crippen molar-refractivity contribution in [1.82, 2.24) is 4.98 Å². The van der Waals surface area contributed by atoms with Crippen LogP contribution in [0.15, 0.2) is 10.5 Å². The summed E-state index contributed by atoms with van der Waals surface area (Å²) in [6.45, 7) is 1.62. The minimum atomic E-state index is -2.52. The van der Waals surface area contributed by atoms with Crippen molar-refractivity contribution < 1.29 is 8.78 Å². The number of pyridine rings is 1. The Labute approximate surface area is 91.8 Å². The maximum absolute atomic E-state index is 12.4. The monoisotopic (exact) mass is 313 g/mol. The molecule has 1 heterocycles. The van der Waals surface area contributed by atoms with Crippen LogP contribution in [0.5, 0.6) is 0 Å². The largest absolute Gasteiger partial charge is 0.280 e. The van der Waals surface area contributed by atoms with Gasteiger partial charge in [0.25, 0.3) is 6.43 Å². The fourth-order valence-electron chi connectivity index (χ4n) is 0.929. The van der Waals surface area contributed by atoms with E-state index in [0.29, 0.717) is 21.1 Å². The zero-order valence-corrected chi connectivity index (χ0v) is 9.99. The van der Waals surface area contributed by atoms with Crippen LogP contribution < -0.4 is 0 Å². The molecule has 5 heteroatoms. The van der Waals surface area contributed by atoms with E-state index >= 15 is 0 Å². The van der Waals surface area contributed by atoms with Crippen molar-refractivity contribution in [2.24, 2.45) is 0 Å². The average Bonchev–Trinajstić information content (AvgIpc) is 2.09. The highest BCUT2D eigenvalue weighted by molar-refractivity contribution is 9.10. The van der Waals surface area contributed by atoms with Crippen LogP contribution in [0.25, 0.3) is 0 Å². The van der Waals surface area contributed by atoms with Crippen LogP contribution in [0.4, 0.5) is 8.78 Å². The van der Waals surface area contributed by atoms with Crippen LogP contribution in [0, 0.1) is 6.92 Å². The Hall–Kier alpha value is -0.0300. The van der Waals surface area contributed by atoms with Gasteiger partial charge in [-0.15, -0.1) is 0 Å². The highest BCUT2D eigenvalue weighted by atomic mass is 79.9. The summed E-state index contributed by atoms with van der Waals surface area (Å²) in [6, 6.07) is 1.73. The van der Waals surface area contributed by atoms with Gasteiger partial charge in [0.1, 0.15) is 5.69 Å². The summed E-state index contributed by atoms with van der Waals surface area (Å²) in [4.78, 5) is 3.82. The fourth-order valence-corrected chi connectivity index (χ4v) is 1.68. The van der Waals surface area contributed by atoms with Crippen LogP contribution in [0.1, 0.15) is 23.4 Å². The molecule has 0 aliphatic rings. The van der Waals surface area contributed by atoms with E-state index in [4.69, 9.17) is 0 Å². The summed E-state index contributed by atoms with van der Waals surface area (Å²) in [7, 11) is 0. The molecule has 1 rings (SSSR count). The smallest absolute Gasteiger partial charge is 0.251 e. The number of rotatable bonds is 2. The molecule has 1 aromatic heterocycles. The van der Waals surface area contributed by atoms with Gasteiger partial charge in [-0.05, 0) is 18.6 Å². The summed E-state index contributed by atoms with van der Waals surface area (Å²) in [5, 5.41) is 0.478. The summed E-state index contributed by atoms with van der Waals surface area (Å²) in [5.41, 5.74) is 0.955. The first kappa shape index (κ1) is 11.0. The number of hydrogen-bond acceptors (Lipinski definition) is 1. The molecule has 0 amide bonds. The van der Waals surface area contributed by atoms with Gasteiger partial charge in [-0.25, -0.2) is 8.78 Å². The normalized spacial score (nSPS) is 10.9. The summed E-state index contributed by atoms with van der Waals surface area (Å²) >= 11 is 6.38. The lowest BCUT2D eigenvalue weighted by atomic mass is 10.2. The molecule has 0 spiro atoms. The quantitative estimate of drug-likeness (QED) is 0.752. The summed E-state index contributed by atoms with van der Waals surface area (Å²) < 4.78 is 25.5. The van der Waals surface area contributed by atoms with Crippen molar-refractivity contribution in [3.05, 3.63) is 27.5 Å². The molecule has 0 radical (unpaired) electrons. The van der Waals surface area contributed by atoms with E-state index in [1.54, 1.807) is 13.0 Å². The minimum Gasteiger partial charge on any atom is -0.251 e. The first-order chi connectivity index (χ1) is 6.06. The third-order valence-corrected chi connectivity index (χ3v) is 3.04. The van der Waals surface area contributed by atoms with Crippen LogP contribution in [-0.4, -0.2) is 4.98 Å². The molecule has 0 aliphatic carbocycles. The van der Waals surface area contributed by atoms with E-state index in [0.717, 1.165) is 0 Å². The molecular weight excluding hydrogens is 308 g/mol. The number of halogens is 4. The van der Waals surface area contributed by atoms with Gasteiger partial charge >= 0.3 is 0 Å². The molecule has 0 unspecified atom stereocenters. The van der Waals surface area contributed by atoms with Crippen LogP contribution in [0.3, 0.4) is 0 Å². The fraction of sp³-hybridized carbons (Fsp3) is 0.375. The SMILES string of the molecule is Cc1c(Br)cc(CBr)nc1C(F)F. The lowest BCUT2D eigenvalue weighted by Gasteiger charge is -2.07. The molecule has 1 nitrogen and oxygen atoms in total. The predicted molar refractivity (Wildman–Crippen MR) is 54.3 cm³/mol. The van der Waals surface area contributed by atoms with Crippen molar-refractivity contribution in [2.45, 2.75) is 18.7 Å². The molecule has 0 atom stereocenters. The Morgan fingerprint density at radius 2 is 2.15 bits per heavy atom. The topological polar surface area (TPSA) is 12.9 Å². The molecule has 0 saturated heterocycles. The Balaban J connectivity index is 3.25. The second-order valence-corrected chi connectivity index (χ2v) is 3.96. The van der Waals surface area contributed by atoms with Crippen molar-refractivity contribution in [2.75, 3.05) is 0 Å². The number of aromatic nitrogens is 1. The lowest BCUT2D eigenvalue weighted by molar-refractivity contribution is 0.145. The van der Waals surface area contributed by atoms with Crippen molar-refractivity contribution >= 4 is 31.9 Å². The second-order valence-electron chi connectivity index (χ2n) is 2.54. The minimum absolute atomic E-state index is 0.149. The van der Waals surface area contributed by atoms with Crippen LogP contribution >= 0.6 is 31.9 Å².